The van der Waals surface area contributed by atoms with Gasteiger partial charge in [-0.25, -0.2) is 0 Å². The number of carbonyl (C=O) groups is 1. The molecule has 13 heavy (non-hydrogen) atoms. The van der Waals surface area contributed by atoms with Crippen LogP contribution >= 0.6 is 11.8 Å². The highest BCUT2D eigenvalue weighted by molar-refractivity contribution is 7.99. The van der Waals surface area contributed by atoms with E-state index in [1.165, 1.54) is 0 Å². The van der Waals surface area contributed by atoms with Gasteiger partial charge in [-0.3, -0.25) is 4.79 Å². The third-order valence-electron chi connectivity index (χ3n) is 2.92. The highest BCUT2D eigenvalue weighted by Crippen LogP contribution is 2.41. The van der Waals surface area contributed by atoms with Crippen LogP contribution in [0.2, 0.25) is 0 Å². The molecule has 2 rings (SSSR count). The Balaban J connectivity index is 2.02. The molecule has 1 atom stereocenters. The third kappa shape index (κ3) is 1.99. The molecule has 1 unspecified atom stereocenters. The van der Waals surface area contributed by atoms with E-state index in [1.807, 2.05) is 11.8 Å². The van der Waals surface area contributed by atoms with Crippen molar-refractivity contribution in [1.29, 1.82) is 0 Å². The van der Waals surface area contributed by atoms with Crippen molar-refractivity contribution in [2.75, 3.05) is 18.1 Å². The quantitative estimate of drug-likeness (QED) is 0.702. The molecule has 0 bridgehead atoms. The van der Waals surface area contributed by atoms with E-state index in [1.54, 1.807) is 0 Å². The first-order valence-corrected chi connectivity index (χ1v) is 5.81. The van der Waals surface area contributed by atoms with E-state index in [2.05, 4.69) is 0 Å². The zero-order valence-electron chi connectivity index (χ0n) is 7.49. The molecule has 2 heterocycles. The number of carboxylic acid groups (broad SMARTS) is 1. The van der Waals surface area contributed by atoms with Crippen molar-refractivity contribution < 1.29 is 14.6 Å². The molecule has 2 saturated heterocycles. The van der Waals surface area contributed by atoms with E-state index >= 15 is 0 Å². The number of hydrogen-bond acceptors (Lipinski definition) is 3. The summed E-state index contributed by atoms with van der Waals surface area (Å²) < 4.78 is 5.12. The van der Waals surface area contributed by atoms with Crippen LogP contribution in [0.25, 0.3) is 0 Å². The molecule has 0 aromatic carbocycles. The number of carboxylic acids is 1. The van der Waals surface area contributed by atoms with Crippen LogP contribution in [0.5, 0.6) is 0 Å². The van der Waals surface area contributed by atoms with Crippen molar-refractivity contribution in [2.45, 2.75) is 25.4 Å². The Labute approximate surface area is 81.8 Å². The van der Waals surface area contributed by atoms with E-state index in [-0.39, 0.29) is 6.10 Å². The number of ether oxygens (including phenoxy) is 1. The lowest BCUT2D eigenvalue weighted by Crippen LogP contribution is -2.36. The Morgan fingerprint density at radius 2 is 2.15 bits per heavy atom. The summed E-state index contributed by atoms with van der Waals surface area (Å²) in [4.78, 5) is 11.2. The van der Waals surface area contributed by atoms with Crippen LogP contribution in [0, 0.1) is 5.41 Å². The lowest BCUT2D eigenvalue weighted by atomic mass is 9.78. The van der Waals surface area contributed by atoms with Crippen LogP contribution in [-0.2, 0) is 9.53 Å². The van der Waals surface area contributed by atoms with Crippen molar-refractivity contribution in [1.82, 2.24) is 0 Å². The van der Waals surface area contributed by atoms with Gasteiger partial charge in [-0.2, -0.15) is 11.8 Å². The Bertz CT molecular complexity index is 207. The molecular formula is C9H14O3S. The lowest BCUT2D eigenvalue weighted by Gasteiger charge is -2.32. The fourth-order valence-corrected chi connectivity index (χ4v) is 3.16. The summed E-state index contributed by atoms with van der Waals surface area (Å²) in [6.45, 7) is 0.766. The molecule has 2 aliphatic rings. The van der Waals surface area contributed by atoms with Gasteiger partial charge in [0.05, 0.1) is 18.1 Å². The maximum atomic E-state index is 11.2. The molecule has 0 radical (unpaired) electrons. The molecule has 0 aromatic rings. The average Bonchev–Trinajstić information content (AvgIpc) is 2.90. The minimum atomic E-state index is -0.622. The van der Waals surface area contributed by atoms with Gasteiger partial charge in [-0.05, 0) is 30.8 Å². The second-order valence-corrected chi connectivity index (χ2v) is 5.08. The molecule has 0 aliphatic carbocycles. The molecule has 0 aromatic heterocycles. The van der Waals surface area contributed by atoms with Crippen molar-refractivity contribution >= 4 is 17.7 Å². The second kappa shape index (κ2) is 3.50. The number of thioether (sulfide) groups is 1. The molecule has 0 saturated carbocycles. The smallest absolute Gasteiger partial charge is 0.309 e. The Hall–Kier alpha value is -0.220. The van der Waals surface area contributed by atoms with E-state index in [4.69, 9.17) is 4.74 Å². The molecule has 74 valence electrons. The minimum Gasteiger partial charge on any atom is -0.481 e. The highest BCUT2D eigenvalue weighted by atomic mass is 32.2. The number of hydrogen-bond donors (Lipinski definition) is 1. The van der Waals surface area contributed by atoms with Crippen LogP contribution in [0.1, 0.15) is 19.3 Å². The Morgan fingerprint density at radius 3 is 2.62 bits per heavy atom. The predicted octanol–water partition coefficient (Wildman–Crippen LogP) is 1.37. The Kier molecular flexibility index (Phi) is 2.51. The summed E-state index contributed by atoms with van der Waals surface area (Å²) in [6.07, 6.45) is 2.59. The van der Waals surface area contributed by atoms with Crippen molar-refractivity contribution in [3.05, 3.63) is 0 Å². The van der Waals surface area contributed by atoms with Gasteiger partial charge >= 0.3 is 5.97 Å². The van der Waals surface area contributed by atoms with Crippen LogP contribution in [-0.4, -0.2) is 35.3 Å². The fraction of sp³-hybridized carbons (Fsp3) is 0.889. The first-order valence-electron chi connectivity index (χ1n) is 4.66. The second-order valence-electron chi connectivity index (χ2n) is 3.86. The first-order chi connectivity index (χ1) is 6.23. The average molecular weight is 202 g/mol. The van der Waals surface area contributed by atoms with Crippen LogP contribution < -0.4 is 0 Å². The molecule has 1 N–H and O–H groups in total. The maximum Gasteiger partial charge on any atom is 0.309 e. The molecule has 4 heteroatoms. The third-order valence-corrected chi connectivity index (χ3v) is 3.91. The van der Waals surface area contributed by atoms with Gasteiger partial charge < -0.3 is 9.84 Å². The summed E-state index contributed by atoms with van der Waals surface area (Å²) in [7, 11) is 0. The van der Waals surface area contributed by atoms with Gasteiger partial charge in [-0.15, -0.1) is 0 Å². The molecular weight excluding hydrogens is 188 g/mol. The summed E-state index contributed by atoms with van der Waals surface area (Å²) in [5.74, 6) is 1.35. The minimum absolute atomic E-state index is 0.235. The fourth-order valence-electron chi connectivity index (χ4n) is 1.89. The van der Waals surface area contributed by atoms with E-state index < -0.39 is 11.4 Å². The van der Waals surface area contributed by atoms with E-state index in [9.17, 15) is 9.90 Å². The maximum absolute atomic E-state index is 11.2. The van der Waals surface area contributed by atoms with Crippen molar-refractivity contribution in [3.8, 4) is 0 Å². The Morgan fingerprint density at radius 1 is 1.54 bits per heavy atom. The number of aliphatic carboxylic acids is 1. The van der Waals surface area contributed by atoms with Gasteiger partial charge in [0, 0.05) is 0 Å². The largest absolute Gasteiger partial charge is 0.481 e. The van der Waals surface area contributed by atoms with Gasteiger partial charge in [0.25, 0.3) is 0 Å². The number of epoxide rings is 1. The summed E-state index contributed by atoms with van der Waals surface area (Å²) in [6, 6.07) is 0. The SMILES string of the molecule is O=C(O)C1(CC2CO2)CCSCC1. The normalized spacial score (nSPS) is 31.2. The van der Waals surface area contributed by atoms with Crippen LogP contribution in [0.3, 0.4) is 0 Å². The van der Waals surface area contributed by atoms with Crippen molar-refractivity contribution in [2.24, 2.45) is 5.41 Å². The van der Waals surface area contributed by atoms with E-state index in [0.717, 1.165) is 37.4 Å². The molecule has 0 spiro atoms. The van der Waals surface area contributed by atoms with E-state index in [0.29, 0.717) is 0 Å². The molecule has 2 aliphatic heterocycles. The lowest BCUT2D eigenvalue weighted by molar-refractivity contribution is -0.150. The summed E-state index contributed by atoms with van der Waals surface area (Å²) in [5.41, 5.74) is -0.466. The molecule has 0 amide bonds. The van der Waals surface area contributed by atoms with Crippen LogP contribution in [0.15, 0.2) is 0 Å². The van der Waals surface area contributed by atoms with Crippen molar-refractivity contribution in [3.63, 3.8) is 0 Å². The van der Waals surface area contributed by atoms with Gasteiger partial charge in [-0.1, -0.05) is 0 Å². The zero-order chi connectivity index (χ0) is 9.31. The van der Waals surface area contributed by atoms with Crippen LogP contribution in [0.4, 0.5) is 0 Å². The highest BCUT2D eigenvalue weighted by Gasteiger charge is 2.44. The van der Waals surface area contributed by atoms with Gasteiger partial charge in [0.15, 0.2) is 0 Å². The topological polar surface area (TPSA) is 49.8 Å². The predicted molar refractivity (Wildman–Crippen MR) is 51.0 cm³/mol. The van der Waals surface area contributed by atoms with Gasteiger partial charge in [0.1, 0.15) is 0 Å². The first kappa shape index (κ1) is 9.34. The monoisotopic (exact) mass is 202 g/mol. The molecule has 3 nitrogen and oxygen atoms in total. The van der Waals surface area contributed by atoms with Gasteiger partial charge in [0.2, 0.25) is 0 Å². The number of rotatable bonds is 3. The standard InChI is InChI=1S/C9H14O3S/c10-8(11)9(5-7-6-12-7)1-3-13-4-2-9/h7H,1-6H2,(H,10,11). The summed E-state index contributed by atoms with van der Waals surface area (Å²) >= 11 is 1.86. The molecule has 2 fully saturated rings. The summed E-state index contributed by atoms with van der Waals surface area (Å²) in [5, 5.41) is 9.20. The zero-order valence-corrected chi connectivity index (χ0v) is 8.31.